The molecule has 2 aliphatic rings. The lowest BCUT2D eigenvalue weighted by atomic mass is 9.81. The highest BCUT2D eigenvalue weighted by atomic mass is 35.5. The van der Waals surface area contributed by atoms with Crippen LogP contribution in [-0.4, -0.2) is 86.6 Å². The zero-order valence-corrected chi connectivity index (χ0v) is 39.6. The maximum Gasteiger partial charge on any atom is 0.325 e. The third-order valence-corrected chi connectivity index (χ3v) is 14.0. The maximum absolute atomic E-state index is 14.4. The number of aryl methyl sites for hydroxylation is 2. The number of pyridine rings is 2. The lowest BCUT2D eigenvalue weighted by Gasteiger charge is -2.45. The van der Waals surface area contributed by atoms with Crippen molar-refractivity contribution in [3.05, 3.63) is 146 Å². The Kier molecular flexibility index (Phi) is 14.1. The molecular weight excluding hydrogens is 926 g/mol. The Morgan fingerprint density at radius 2 is 1.38 bits per heavy atom. The molecule has 6 heterocycles. The number of hydrogen-bond acceptors (Lipinski definition) is 13. The zero-order valence-electron chi connectivity index (χ0n) is 37.2. The number of urea groups is 2. The van der Waals surface area contributed by atoms with E-state index in [1.165, 1.54) is 44.9 Å². The third-order valence-electron chi connectivity index (χ3n) is 12.2. The molecule has 8 rings (SSSR count). The van der Waals surface area contributed by atoms with E-state index in [9.17, 15) is 28.8 Å². The number of thiazole rings is 1. The van der Waals surface area contributed by atoms with Gasteiger partial charge in [-0.3, -0.25) is 33.9 Å². The van der Waals surface area contributed by atoms with E-state index in [1.54, 1.807) is 73.5 Å². The number of amides is 8. The maximum atomic E-state index is 14.4. The number of likely N-dealkylation sites (N-methyl/N-ethyl adjacent to an activating group) is 2. The van der Waals surface area contributed by atoms with Crippen molar-refractivity contribution >= 4 is 92.4 Å². The predicted molar refractivity (Wildman–Crippen MR) is 261 cm³/mol. The molecule has 0 aliphatic carbocycles. The highest BCUT2D eigenvalue weighted by Crippen LogP contribution is 2.36. The van der Waals surface area contributed by atoms with E-state index >= 15 is 0 Å². The van der Waals surface area contributed by atoms with Gasteiger partial charge in [0.15, 0.2) is 0 Å². The molecule has 2 fully saturated rings. The molecule has 2 saturated heterocycles. The van der Waals surface area contributed by atoms with Crippen LogP contribution in [0.4, 0.5) is 32.0 Å². The summed E-state index contributed by atoms with van der Waals surface area (Å²) in [5.74, 6) is -2.66. The fourth-order valence-electron chi connectivity index (χ4n) is 8.57. The van der Waals surface area contributed by atoms with Gasteiger partial charge in [0.25, 0.3) is 11.8 Å². The number of anilines is 4. The second-order valence-electron chi connectivity index (χ2n) is 16.8. The number of likely N-dealkylation sites (tertiary alicyclic amines) is 2. The second-order valence-corrected chi connectivity index (χ2v) is 18.8. The number of benzene rings is 2. The average Bonchev–Trinajstić information content (AvgIpc) is 4.04. The smallest absolute Gasteiger partial charge is 0.325 e. The molecule has 350 valence electrons. The molecule has 0 radical (unpaired) electrons. The Morgan fingerprint density at radius 1 is 0.750 bits per heavy atom. The molecule has 68 heavy (non-hydrogen) atoms. The summed E-state index contributed by atoms with van der Waals surface area (Å²) in [4.78, 5) is 101. The number of thiophene rings is 1. The lowest BCUT2D eigenvalue weighted by Crippen LogP contribution is -2.70. The van der Waals surface area contributed by atoms with Gasteiger partial charge in [-0.1, -0.05) is 53.6 Å². The molecule has 0 unspecified atom stereocenters. The van der Waals surface area contributed by atoms with Crippen LogP contribution in [0, 0.1) is 18.8 Å². The Bertz CT molecular complexity index is 2870. The Labute approximate surface area is 405 Å². The minimum atomic E-state index is -1.12. The molecule has 6 aromatic rings. The van der Waals surface area contributed by atoms with Gasteiger partial charge in [-0.2, -0.15) is 0 Å². The van der Waals surface area contributed by atoms with E-state index in [2.05, 4.69) is 25.6 Å². The molecule has 4 aromatic heterocycles. The molecule has 2 aliphatic heterocycles. The van der Waals surface area contributed by atoms with Crippen LogP contribution in [0.1, 0.15) is 45.8 Å². The number of nitrogens with one attached hydrogen (secondary N) is 2. The molecule has 5 atom stereocenters. The van der Waals surface area contributed by atoms with Gasteiger partial charge >= 0.3 is 12.1 Å². The third kappa shape index (κ3) is 10.2. The number of aromatic nitrogens is 3. The lowest BCUT2D eigenvalue weighted by molar-refractivity contribution is -0.156. The molecular formula is C48H48ClN11O6S2. The van der Waals surface area contributed by atoms with Crippen molar-refractivity contribution < 1.29 is 28.8 Å². The van der Waals surface area contributed by atoms with E-state index in [0.29, 0.717) is 39.8 Å². The first-order valence-electron chi connectivity index (χ1n) is 21.6. The van der Waals surface area contributed by atoms with E-state index in [-0.39, 0.29) is 31.0 Å². The van der Waals surface area contributed by atoms with Crippen LogP contribution in [0.2, 0.25) is 5.02 Å². The number of rotatable bonds is 15. The molecule has 0 spiro atoms. The number of hydrogen-bond donors (Lipinski definition) is 4. The van der Waals surface area contributed by atoms with Crippen molar-refractivity contribution in [2.24, 2.45) is 11.8 Å². The van der Waals surface area contributed by atoms with Gasteiger partial charge in [-0.25, -0.2) is 24.5 Å². The summed E-state index contributed by atoms with van der Waals surface area (Å²) in [5.41, 5.74) is 18.2. The first kappa shape index (κ1) is 47.3. The molecule has 0 saturated carbocycles. The van der Waals surface area contributed by atoms with Crippen molar-refractivity contribution in [1.82, 2.24) is 35.4 Å². The summed E-state index contributed by atoms with van der Waals surface area (Å²) in [6.07, 6.45) is 4.22. The Balaban J connectivity index is 0.984. The van der Waals surface area contributed by atoms with Gasteiger partial charge in [0.05, 0.1) is 28.4 Å². The number of nitrogen functional groups attached to an aromatic ring is 2. The predicted octanol–water partition coefficient (Wildman–Crippen LogP) is 6.18. The fourth-order valence-corrected chi connectivity index (χ4v) is 10.3. The summed E-state index contributed by atoms with van der Waals surface area (Å²) in [5, 5.41) is 10.5. The summed E-state index contributed by atoms with van der Waals surface area (Å²) in [6, 6.07) is 19.0. The number of nitrogens with zero attached hydrogens (tertiary/aromatic N) is 7. The second kappa shape index (κ2) is 20.3. The van der Waals surface area contributed by atoms with E-state index < -0.39 is 65.7 Å². The van der Waals surface area contributed by atoms with Crippen molar-refractivity contribution in [2.75, 3.05) is 35.4 Å². The number of nitrogens with two attached hydrogens (primary N) is 2. The Hall–Kier alpha value is -7.22. The first-order chi connectivity index (χ1) is 32.7. The number of carbonyl (C=O) groups is 6. The molecule has 0 bridgehead atoms. The number of imide groups is 2. The zero-order chi connectivity index (χ0) is 48.2. The molecule has 20 heteroatoms. The van der Waals surface area contributed by atoms with Crippen LogP contribution in [0.3, 0.4) is 0 Å². The number of β-lactam (4-membered cyclic amide) rings is 2. The number of carbonyl (C=O) groups excluding carboxylic acids is 6. The quantitative estimate of drug-likeness (QED) is 0.0850. The fraction of sp³-hybridized carbons (Fsp3) is 0.271. The van der Waals surface area contributed by atoms with Gasteiger partial charge < -0.3 is 27.0 Å². The molecule has 2 aromatic carbocycles. The molecule has 17 nitrogen and oxygen atoms in total. The van der Waals surface area contributed by atoms with Crippen LogP contribution in [0.5, 0.6) is 0 Å². The van der Waals surface area contributed by atoms with Crippen LogP contribution < -0.4 is 31.9 Å². The van der Waals surface area contributed by atoms with Crippen molar-refractivity contribution in [1.29, 1.82) is 0 Å². The molecule has 8 amide bonds. The van der Waals surface area contributed by atoms with Crippen LogP contribution >= 0.6 is 34.3 Å². The minimum Gasteiger partial charge on any atom is -0.384 e. The van der Waals surface area contributed by atoms with Crippen LogP contribution in [0.15, 0.2) is 108 Å². The van der Waals surface area contributed by atoms with Crippen molar-refractivity contribution in [3.63, 3.8) is 0 Å². The normalized spacial score (nSPS) is 18.0. The molecule has 6 N–H and O–H groups in total. The SMILES string of the molecule is Cc1cccc([C@@H](CCc2csc(N(C)C(=O)[C@@H]3[C@@H](Cc4ccnc(N)c4)C(=O)N3C(=O)NCc3cccc(Cl)c3)c2)NC(=O)N2C(=O)[C@H](Cc3ccnc(N)c3)[C@H]2C(=O)N(C)c2cscn2)c1. The topological polar surface area (TPSA) is 230 Å². The van der Waals surface area contributed by atoms with Crippen LogP contribution in [0.25, 0.3) is 0 Å². The monoisotopic (exact) mass is 973 g/mol. The number of halogens is 1. The van der Waals surface area contributed by atoms with Gasteiger partial charge in [0.1, 0.15) is 29.5 Å². The summed E-state index contributed by atoms with van der Waals surface area (Å²) in [7, 11) is 3.16. The van der Waals surface area contributed by atoms with Gasteiger partial charge in [-0.15, -0.1) is 22.7 Å². The average molecular weight is 975 g/mol. The largest absolute Gasteiger partial charge is 0.384 e. The highest BCUT2D eigenvalue weighted by molar-refractivity contribution is 7.14. The van der Waals surface area contributed by atoms with E-state index in [4.69, 9.17) is 23.1 Å². The van der Waals surface area contributed by atoms with Crippen LogP contribution in [-0.2, 0) is 45.0 Å². The van der Waals surface area contributed by atoms with E-state index in [0.717, 1.165) is 32.1 Å². The summed E-state index contributed by atoms with van der Waals surface area (Å²) in [6.45, 7) is 2.03. The standard InChI is InChI=1S/C48H48ClN11O6S2/c1-27-6-4-8-32(16-27)36(56-48(66)60-41(45(63)57(2)39-25-67-26-55-39)34(44(60)62)18-28-12-14-52-37(50)20-28)11-10-31-22-40(68-24-31)58(3)46(64)42-35(19-29-13-15-53-38(51)21-29)43(61)59(42)47(65)54-23-30-7-5-9-33(49)17-30/h4-9,12-17,20-22,24-26,34-36,41-42H,10-11,18-19,23H2,1-3H3,(H2,50,52)(H2,51,53)(H,54,65)(H,56,66)/t34-,35-,36-,41+,42+/m1/s1. The van der Waals surface area contributed by atoms with E-state index in [1.807, 2.05) is 42.6 Å². The van der Waals surface area contributed by atoms with Crippen molar-refractivity contribution in [2.45, 2.75) is 57.3 Å². The Morgan fingerprint density at radius 3 is 1.99 bits per heavy atom. The van der Waals surface area contributed by atoms with Crippen molar-refractivity contribution in [3.8, 4) is 0 Å². The van der Waals surface area contributed by atoms with Gasteiger partial charge in [0.2, 0.25) is 11.8 Å². The highest BCUT2D eigenvalue weighted by Gasteiger charge is 2.56. The van der Waals surface area contributed by atoms with Gasteiger partial charge in [0, 0.05) is 43.4 Å². The van der Waals surface area contributed by atoms with Gasteiger partial charge in [-0.05, 0) is 108 Å². The first-order valence-corrected chi connectivity index (χ1v) is 23.8. The summed E-state index contributed by atoms with van der Waals surface area (Å²) < 4.78 is 0. The minimum absolute atomic E-state index is 0.0875. The summed E-state index contributed by atoms with van der Waals surface area (Å²) >= 11 is 8.78.